The van der Waals surface area contributed by atoms with E-state index in [0.717, 1.165) is 0 Å². The van der Waals surface area contributed by atoms with Crippen molar-refractivity contribution < 1.29 is 9.59 Å². The van der Waals surface area contributed by atoms with Gasteiger partial charge in [0, 0.05) is 0 Å². The van der Waals surface area contributed by atoms with Gasteiger partial charge in [-0.25, -0.2) is 0 Å². The van der Waals surface area contributed by atoms with E-state index in [9.17, 15) is 0 Å². The van der Waals surface area contributed by atoms with Gasteiger partial charge in [0.2, 0.25) is 0 Å². The van der Waals surface area contributed by atoms with Crippen molar-refractivity contribution in [2.24, 2.45) is 0 Å². The first-order valence-electron chi connectivity index (χ1n) is 1.45. The molecule has 0 saturated heterocycles. The van der Waals surface area contributed by atoms with Crippen LogP contribution in [0, 0.1) is 0 Å². The largest absolute Gasteiger partial charge is 0.411 e. The van der Waals surface area contributed by atoms with Crippen LogP contribution in [0.15, 0.2) is 0 Å². The van der Waals surface area contributed by atoms with Gasteiger partial charge in [-0.3, -0.25) is 0 Å². The predicted molar refractivity (Wildman–Crippen MR) is 21.9 cm³/mol. The van der Waals surface area contributed by atoms with Gasteiger partial charge in [-0.05, 0) is 13.1 Å². The van der Waals surface area contributed by atoms with E-state index in [2.05, 4.69) is 0 Å². The number of hydrogen-bond donors (Lipinski definition) is 2. The minimum absolute atomic E-state index is 0. The summed E-state index contributed by atoms with van der Waals surface area (Å²) in [6.45, 7) is 2.88. The van der Waals surface area contributed by atoms with Gasteiger partial charge in [0.15, 0.2) is 0 Å². The van der Waals surface area contributed by atoms with Crippen LogP contribution in [0.3, 0.4) is 0 Å². The zero-order valence-electron chi connectivity index (χ0n) is 4.81. The van der Waals surface area contributed by atoms with Crippen LogP contribution >= 0.6 is 0 Å². The summed E-state index contributed by atoms with van der Waals surface area (Å²) >= 11 is 0. The molecule has 2 nitrogen and oxygen atoms in total. The average molecular weight is 648 g/mol. The molecule has 0 aliphatic heterocycles. The van der Waals surface area contributed by atoms with Gasteiger partial charge in [0.1, 0.15) is 0 Å². The molecule has 0 rings (SSSR count). The van der Waals surface area contributed by atoms with Gasteiger partial charge in [-0.2, -0.15) is 0 Å². The topological polar surface area (TPSA) is 40.5 Å². The van der Waals surface area contributed by atoms with Gasteiger partial charge in [0.05, 0.1) is 0 Å². The normalized spacial score (nSPS) is 8.57. The van der Waals surface area contributed by atoms with Crippen molar-refractivity contribution in [3.05, 3.63) is 0 Å². The maximum atomic E-state index is 8.22. The van der Waals surface area contributed by atoms with Crippen LogP contribution in [-0.2, 0) is 0 Å². The summed E-state index contributed by atoms with van der Waals surface area (Å²) in [6, 6.07) is 0. The van der Waals surface area contributed by atoms with E-state index in [0.29, 0.717) is 0 Å². The molecule has 0 atom stereocenters. The van der Waals surface area contributed by atoms with Crippen molar-refractivity contribution >= 4 is 8.56 Å². The van der Waals surface area contributed by atoms with Crippen molar-refractivity contribution in [1.82, 2.24) is 0 Å². The second-order valence-electron chi connectivity index (χ2n) is 1.49. The predicted octanol–water partition coefficient (Wildman–Crippen LogP) is -0.327. The first kappa shape index (κ1) is 19.3. The summed E-state index contributed by atoms with van der Waals surface area (Å²) in [5.74, 6) is 0. The van der Waals surface area contributed by atoms with Crippen LogP contribution in [0.25, 0.3) is 0 Å². The van der Waals surface area contributed by atoms with Gasteiger partial charge in [-0.1, -0.05) is 0 Å². The fraction of sp³-hybridized carbons (Fsp3) is 1.00. The van der Waals surface area contributed by atoms with Gasteiger partial charge in [-0.15, -0.1) is 0 Å². The Balaban J connectivity index is -0.0000000800. The molecule has 5 heteroatoms. The Morgan fingerprint density at radius 1 is 1.00 bits per heavy atom. The van der Waals surface area contributed by atoms with E-state index in [1.165, 1.54) is 13.1 Å². The van der Waals surface area contributed by atoms with E-state index in [1.807, 2.05) is 0 Å². The Morgan fingerprint density at radius 2 is 1.00 bits per heavy atom. The van der Waals surface area contributed by atoms with E-state index in [1.54, 1.807) is 0 Å². The quantitative estimate of drug-likeness (QED) is 0.354. The molecule has 0 spiro atoms. The van der Waals surface area contributed by atoms with Crippen LogP contribution in [-0.4, -0.2) is 18.2 Å². The molecule has 0 fully saturated rings. The molecule has 0 unspecified atom stereocenters. The van der Waals surface area contributed by atoms with Crippen LogP contribution in [0.4, 0.5) is 0 Å². The molecule has 0 aromatic carbocycles. The fourth-order valence-corrected chi connectivity index (χ4v) is 0. The molecule has 7 heavy (non-hydrogen) atoms. The van der Waals surface area contributed by atoms with E-state index < -0.39 is 8.56 Å². The van der Waals surface area contributed by atoms with Crippen LogP contribution < -0.4 is 0 Å². The second-order valence-corrected chi connectivity index (χ2v) is 4.48. The molecule has 36 valence electrons. The SMILES string of the molecule is C[Si](C)(O)O.[Mt].[Mt]. The molecule has 0 aliphatic carbocycles. The zero-order chi connectivity index (χ0) is 4.50. The maximum Gasteiger partial charge on any atom is 0.326 e. The van der Waals surface area contributed by atoms with Crippen LogP contribution in [0.5, 0.6) is 0 Å². The summed E-state index contributed by atoms with van der Waals surface area (Å²) in [7, 11) is -2.61. The Bertz CT molecular complexity index is 29.2. The maximum absolute atomic E-state index is 8.22. The molecule has 0 heterocycles. The number of rotatable bonds is 0. The van der Waals surface area contributed by atoms with Crippen molar-refractivity contribution in [1.29, 1.82) is 0 Å². The Hall–Kier alpha value is -1.86. The molecular formula is C2H8Mt2O2Si. The van der Waals surface area contributed by atoms with Crippen LogP contribution in [0.2, 0.25) is 13.1 Å². The monoisotopic (exact) mass is 648 g/mol. The fourth-order valence-electron chi connectivity index (χ4n) is 0. The molecule has 0 saturated carbocycles. The van der Waals surface area contributed by atoms with Crippen molar-refractivity contribution in [3.63, 3.8) is 0 Å². The molecule has 0 aliphatic rings. The minimum Gasteiger partial charge on any atom is -0.411 e. The van der Waals surface area contributed by atoms with Crippen molar-refractivity contribution in [3.8, 4) is 0 Å². The van der Waals surface area contributed by atoms with E-state index >= 15 is 0 Å². The molecule has 0 radical (unpaired) electrons. The summed E-state index contributed by atoms with van der Waals surface area (Å²) in [4.78, 5) is 16.4. The average Bonchev–Trinajstić information content (AvgIpc) is 0.722. The third-order valence-corrected chi connectivity index (χ3v) is 0. The third-order valence-electron chi connectivity index (χ3n) is 0. The minimum atomic E-state index is -2.61. The van der Waals surface area contributed by atoms with E-state index in [4.69, 9.17) is 9.59 Å². The zero-order valence-corrected chi connectivity index (χ0v) is 19.0. The Morgan fingerprint density at radius 3 is 1.00 bits per heavy atom. The van der Waals surface area contributed by atoms with Gasteiger partial charge >= 0.3 is 8.56 Å². The summed E-state index contributed by atoms with van der Waals surface area (Å²) < 4.78 is 0. The molecule has 0 aromatic heterocycles. The summed E-state index contributed by atoms with van der Waals surface area (Å²) in [5.41, 5.74) is 0. The molecule has 0 amide bonds. The smallest absolute Gasteiger partial charge is 0.326 e. The molecule has 2 N–H and O–H groups in total. The van der Waals surface area contributed by atoms with Gasteiger partial charge in [0.25, 0.3) is 0 Å². The standard InChI is InChI=1S/C2H8O2Si.2Mt/c1-5(2,3)4;;/h3-4H,1-2H3;;. The summed E-state index contributed by atoms with van der Waals surface area (Å²) in [6.07, 6.45) is 0. The first-order valence-corrected chi connectivity index (χ1v) is 4.34. The molecule has 0 aromatic rings. The third kappa shape index (κ3) is 5.44. The molecular weight excluding hydrogens is 640 g/mol. The Labute approximate surface area is 32.3 Å². The summed E-state index contributed by atoms with van der Waals surface area (Å²) in [5, 5.41) is 0. The second kappa shape index (κ2) is 2.38. The van der Waals surface area contributed by atoms with Crippen molar-refractivity contribution in [2.75, 3.05) is 0 Å². The first-order chi connectivity index (χ1) is 2.00. The van der Waals surface area contributed by atoms with E-state index in [-0.39, 0.29) is 0 Å². The van der Waals surface area contributed by atoms with Crippen LogP contribution in [0.1, 0.15) is 0 Å². The van der Waals surface area contributed by atoms with Crippen molar-refractivity contribution in [2.45, 2.75) is 13.1 Å². The Kier molecular flexibility index (Phi) is 6.54. The number of hydrogen-bond acceptors (Lipinski definition) is 2. The molecule has 0 bridgehead atoms. The van der Waals surface area contributed by atoms with Gasteiger partial charge < -0.3 is 9.59 Å².